The average molecular weight is 218 g/mol. The van der Waals surface area contributed by atoms with Crippen molar-refractivity contribution in [1.29, 1.82) is 0 Å². The van der Waals surface area contributed by atoms with Crippen molar-refractivity contribution >= 4 is 6.29 Å². The molecule has 16 heavy (non-hydrogen) atoms. The van der Waals surface area contributed by atoms with Crippen LogP contribution >= 0.6 is 0 Å². The van der Waals surface area contributed by atoms with Crippen LogP contribution in [-0.4, -0.2) is 12.4 Å². The summed E-state index contributed by atoms with van der Waals surface area (Å²) in [5.74, 6) is 1.30. The molecule has 0 aromatic heterocycles. The molecular formula is C14H18O2. The zero-order chi connectivity index (χ0) is 11.5. The smallest absolute Gasteiger partial charge is 0.123 e. The quantitative estimate of drug-likeness (QED) is 0.729. The molecule has 0 amide bonds. The molecule has 0 aliphatic carbocycles. The fourth-order valence-corrected chi connectivity index (χ4v) is 2.32. The molecule has 2 nitrogen and oxygen atoms in total. The first-order valence-electron chi connectivity index (χ1n) is 5.94. The molecule has 0 bridgehead atoms. The fourth-order valence-electron chi connectivity index (χ4n) is 2.32. The minimum atomic E-state index is 0.296. The molecule has 1 aromatic rings. The molecule has 2 heteroatoms. The van der Waals surface area contributed by atoms with Crippen molar-refractivity contribution in [3.05, 3.63) is 29.3 Å². The van der Waals surface area contributed by atoms with Crippen molar-refractivity contribution < 1.29 is 9.53 Å². The average Bonchev–Trinajstić information content (AvgIpc) is 2.28. The number of ether oxygens (including phenoxy) is 1. The van der Waals surface area contributed by atoms with Gasteiger partial charge in [-0.25, -0.2) is 0 Å². The molecule has 1 aliphatic heterocycles. The van der Waals surface area contributed by atoms with E-state index in [9.17, 15) is 4.79 Å². The third-order valence-electron chi connectivity index (χ3n) is 3.28. The topological polar surface area (TPSA) is 26.3 Å². The Labute approximate surface area is 96.6 Å². The van der Waals surface area contributed by atoms with Crippen LogP contribution in [0.15, 0.2) is 18.2 Å². The number of fused-ring (bicyclic) bond motifs is 1. The Kier molecular flexibility index (Phi) is 3.28. The number of benzene rings is 1. The number of carbonyl (C=O) groups excluding carboxylic acids is 1. The lowest BCUT2D eigenvalue weighted by molar-refractivity contribution is -0.108. The minimum Gasteiger partial charge on any atom is -0.490 e. The molecule has 0 N–H and O–H groups in total. The first kappa shape index (κ1) is 11.2. The number of rotatable bonds is 3. The van der Waals surface area contributed by atoms with E-state index < -0.39 is 0 Å². The Morgan fingerprint density at radius 1 is 1.56 bits per heavy atom. The van der Waals surface area contributed by atoms with Gasteiger partial charge in [0.15, 0.2) is 0 Å². The van der Waals surface area contributed by atoms with Crippen LogP contribution in [0, 0.1) is 0 Å². The van der Waals surface area contributed by atoms with E-state index in [1.54, 1.807) is 0 Å². The lowest BCUT2D eigenvalue weighted by Gasteiger charge is -2.26. The van der Waals surface area contributed by atoms with E-state index in [0.717, 1.165) is 24.9 Å². The van der Waals surface area contributed by atoms with Gasteiger partial charge < -0.3 is 9.53 Å². The number of hydrogen-bond donors (Lipinski definition) is 0. The molecule has 1 heterocycles. The second-order valence-corrected chi connectivity index (χ2v) is 4.59. The Balaban J connectivity index is 2.33. The van der Waals surface area contributed by atoms with Gasteiger partial charge in [0.1, 0.15) is 12.0 Å². The van der Waals surface area contributed by atoms with Gasteiger partial charge in [0.2, 0.25) is 0 Å². The first-order valence-corrected chi connectivity index (χ1v) is 5.94. The van der Waals surface area contributed by atoms with Crippen LogP contribution in [0.4, 0.5) is 0 Å². The molecule has 1 aromatic carbocycles. The predicted molar refractivity (Wildman–Crippen MR) is 63.9 cm³/mol. The zero-order valence-electron chi connectivity index (χ0n) is 9.90. The van der Waals surface area contributed by atoms with Crippen molar-refractivity contribution in [3.8, 4) is 5.75 Å². The van der Waals surface area contributed by atoms with Crippen molar-refractivity contribution in [1.82, 2.24) is 0 Å². The van der Waals surface area contributed by atoms with Gasteiger partial charge in [-0.1, -0.05) is 19.1 Å². The van der Waals surface area contributed by atoms with Gasteiger partial charge in [0.25, 0.3) is 0 Å². The highest BCUT2D eigenvalue weighted by Crippen LogP contribution is 2.34. The second-order valence-electron chi connectivity index (χ2n) is 4.59. The van der Waals surface area contributed by atoms with Crippen molar-refractivity contribution in [2.75, 3.05) is 0 Å². The van der Waals surface area contributed by atoms with E-state index in [1.165, 1.54) is 11.1 Å². The number of aldehydes is 1. The summed E-state index contributed by atoms with van der Waals surface area (Å²) < 4.78 is 5.81. The van der Waals surface area contributed by atoms with E-state index in [0.29, 0.717) is 18.4 Å². The standard InChI is InChI=1S/C14H18O2/c1-10(8-9-15)12-4-3-5-14-13(12)7-6-11(2)16-14/h3-5,9-11H,6-8H2,1-2H3. The third kappa shape index (κ3) is 2.11. The van der Waals surface area contributed by atoms with Crippen LogP contribution in [0.5, 0.6) is 5.75 Å². The highest BCUT2D eigenvalue weighted by atomic mass is 16.5. The highest BCUT2D eigenvalue weighted by Gasteiger charge is 2.20. The molecule has 0 saturated carbocycles. The molecule has 2 atom stereocenters. The predicted octanol–water partition coefficient (Wildman–Crippen LogP) is 3.09. The van der Waals surface area contributed by atoms with E-state index in [-0.39, 0.29) is 0 Å². The maximum absolute atomic E-state index is 10.6. The van der Waals surface area contributed by atoms with E-state index in [2.05, 4.69) is 19.9 Å². The summed E-state index contributed by atoms with van der Waals surface area (Å²) in [5.41, 5.74) is 2.58. The Hall–Kier alpha value is -1.31. The Morgan fingerprint density at radius 3 is 3.12 bits per heavy atom. The number of carbonyl (C=O) groups is 1. The molecule has 1 aliphatic rings. The molecule has 0 radical (unpaired) electrons. The maximum Gasteiger partial charge on any atom is 0.123 e. The van der Waals surface area contributed by atoms with E-state index in [1.807, 2.05) is 12.1 Å². The Morgan fingerprint density at radius 2 is 2.38 bits per heavy atom. The van der Waals surface area contributed by atoms with Gasteiger partial charge in [0.05, 0.1) is 6.10 Å². The fraction of sp³-hybridized carbons (Fsp3) is 0.500. The Bertz CT molecular complexity index is 384. The van der Waals surface area contributed by atoms with Crippen LogP contribution < -0.4 is 4.74 Å². The normalized spacial score (nSPS) is 20.8. The number of hydrogen-bond acceptors (Lipinski definition) is 2. The van der Waals surface area contributed by atoms with Gasteiger partial charge in [0, 0.05) is 6.42 Å². The lowest BCUT2D eigenvalue weighted by Crippen LogP contribution is -2.20. The summed E-state index contributed by atoms with van der Waals surface area (Å²) in [7, 11) is 0. The van der Waals surface area contributed by atoms with Gasteiger partial charge in [-0.3, -0.25) is 0 Å². The van der Waals surface area contributed by atoms with E-state index in [4.69, 9.17) is 4.74 Å². The van der Waals surface area contributed by atoms with Crippen LogP contribution in [0.1, 0.15) is 43.7 Å². The van der Waals surface area contributed by atoms with Crippen LogP contribution in [0.2, 0.25) is 0 Å². The second kappa shape index (κ2) is 4.69. The van der Waals surface area contributed by atoms with Gasteiger partial charge >= 0.3 is 0 Å². The SMILES string of the molecule is CC1CCc2c(cccc2C(C)CC=O)O1. The van der Waals surface area contributed by atoms with Gasteiger partial charge in [-0.05, 0) is 42.9 Å². The maximum atomic E-state index is 10.6. The minimum absolute atomic E-state index is 0.296. The highest BCUT2D eigenvalue weighted by molar-refractivity contribution is 5.53. The van der Waals surface area contributed by atoms with Crippen LogP contribution in [0.25, 0.3) is 0 Å². The molecule has 2 rings (SSSR count). The van der Waals surface area contributed by atoms with Crippen molar-refractivity contribution in [3.63, 3.8) is 0 Å². The van der Waals surface area contributed by atoms with E-state index >= 15 is 0 Å². The molecule has 86 valence electrons. The summed E-state index contributed by atoms with van der Waals surface area (Å²) in [6.07, 6.45) is 4.03. The summed E-state index contributed by atoms with van der Waals surface area (Å²) >= 11 is 0. The molecule has 0 fully saturated rings. The van der Waals surface area contributed by atoms with Crippen LogP contribution in [-0.2, 0) is 11.2 Å². The molecule has 2 unspecified atom stereocenters. The van der Waals surface area contributed by atoms with Crippen LogP contribution in [0.3, 0.4) is 0 Å². The molecule has 0 saturated heterocycles. The molecular weight excluding hydrogens is 200 g/mol. The molecule has 0 spiro atoms. The monoisotopic (exact) mass is 218 g/mol. The summed E-state index contributed by atoms with van der Waals surface area (Å²) in [4.78, 5) is 10.6. The summed E-state index contributed by atoms with van der Waals surface area (Å²) in [6.45, 7) is 4.20. The summed E-state index contributed by atoms with van der Waals surface area (Å²) in [6, 6.07) is 6.17. The zero-order valence-corrected chi connectivity index (χ0v) is 9.90. The van der Waals surface area contributed by atoms with Gasteiger partial charge in [-0.2, -0.15) is 0 Å². The summed E-state index contributed by atoms with van der Waals surface area (Å²) in [5, 5.41) is 0. The van der Waals surface area contributed by atoms with Crippen molar-refractivity contribution in [2.45, 2.75) is 45.1 Å². The lowest BCUT2D eigenvalue weighted by atomic mass is 9.89. The first-order chi connectivity index (χ1) is 7.72. The largest absolute Gasteiger partial charge is 0.490 e. The third-order valence-corrected chi connectivity index (χ3v) is 3.28. The van der Waals surface area contributed by atoms with Crippen molar-refractivity contribution in [2.24, 2.45) is 0 Å². The van der Waals surface area contributed by atoms with Gasteiger partial charge in [-0.15, -0.1) is 0 Å².